The van der Waals surface area contributed by atoms with Crippen LogP contribution in [-0.2, 0) is 13.0 Å². The van der Waals surface area contributed by atoms with E-state index in [9.17, 15) is 0 Å². The molecule has 0 spiro atoms. The van der Waals surface area contributed by atoms with Gasteiger partial charge >= 0.3 is 0 Å². The fourth-order valence-electron chi connectivity index (χ4n) is 3.17. The van der Waals surface area contributed by atoms with Gasteiger partial charge in [0, 0.05) is 24.5 Å². The van der Waals surface area contributed by atoms with Gasteiger partial charge in [-0.25, -0.2) is 0 Å². The number of rotatable bonds is 1. The highest BCUT2D eigenvalue weighted by atomic mass is 15.2. The third-order valence-electron chi connectivity index (χ3n) is 4.06. The average Bonchev–Trinajstić information content (AvgIpc) is 2.75. The van der Waals surface area contributed by atoms with Crippen LogP contribution in [0.3, 0.4) is 0 Å². The molecule has 1 aliphatic carbocycles. The molecule has 1 saturated carbocycles. The molecule has 0 bridgehead atoms. The van der Waals surface area contributed by atoms with Crippen molar-refractivity contribution in [1.82, 2.24) is 9.88 Å². The minimum Gasteiger partial charge on any atom is -0.296 e. The van der Waals surface area contributed by atoms with Crippen LogP contribution in [0.25, 0.3) is 0 Å². The van der Waals surface area contributed by atoms with Crippen molar-refractivity contribution in [2.24, 2.45) is 0 Å². The number of hydrogen-bond acceptors (Lipinski definition) is 2. The SMILES string of the molecule is c1cnc2c(c1)CN(C1CCCC1)CCC2. The molecule has 1 aromatic heterocycles. The predicted octanol–water partition coefficient (Wildman–Crippen LogP) is 2.77. The van der Waals surface area contributed by atoms with E-state index in [2.05, 4.69) is 22.0 Å². The van der Waals surface area contributed by atoms with Crippen molar-refractivity contribution in [3.63, 3.8) is 0 Å². The van der Waals surface area contributed by atoms with E-state index < -0.39 is 0 Å². The fraction of sp³-hybridized carbons (Fsp3) is 0.643. The summed E-state index contributed by atoms with van der Waals surface area (Å²) in [7, 11) is 0. The molecule has 0 amide bonds. The molecule has 3 rings (SSSR count). The molecule has 0 N–H and O–H groups in total. The first-order chi connectivity index (χ1) is 7.93. The van der Waals surface area contributed by atoms with E-state index in [4.69, 9.17) is 0 Å². The smallest absolute Gasteiger partial charge is 0.0449 e. The Balaban J connectivity index is 1.79. The van der Waals surface area contributed by atoms with Crippen LogP contribution < -0.4 is 0 Å². The van der Waals surface area contributed by atoms with Crippen LogP contribution in [0.2, 0.25) is 0 Å². The Morgan fingerprint density at radius 3 is 2.94 bits per heavy atom. The van der Waals surface area contributed by atoms with E-state index in [0.717, 1.165) is 12.6 Å². The molecule has 86 valence electrons. The van der Waals surface area contributed by atoms with Gasteiger partial charge in [-0.2, -0.15) is 0 Å². The highest BCUT2D eigenvalue weighted by Gasteiger charge is 2.24. The summed E-state index contributed by atoms with van der Waals surface area (Å²) in [6.07, 6.45) is 10.1. The highest BCUT2D eigenvalue weighted by molar-refractivity contribution is 5.21. The summed E-state index contributed by atoms with van der Waals surface area (Å²) < 4.78 is 0. The largest absolute Gasteiger partial charge is 0.296 e. The lowest BCUT2D eigenvalue weighted by molar-refractivity contribution is 0.193. The number of fused-ring (bicyclic) bond motifs is 1. The normalized spacial score (nSPS) is 23.0. The van der Waals surface area contributed by atoms with Gasteiger partial charge in [-0.1, -0.05) is 18.9 Å². The summed E-state index contributed by atoms with van der Waals surface area (Å²) in [4.78, 5) is 7.21. The number of hydrogen-bond donors (Lipinski definition) is 0. The van der Waals surface area contributed by atoms with E-state index >= 15 is 0 Å². The Hall–Kier alpha value is -0.890. The number of aryl methyl sites for hydroxylation is 1. The quantitative estimate of drug-likeness (QED) is 0.717. The summed E-state index contributed by atoms with van der Waals surface area (Å²) in [6, 6.07) is 5.19. The van der Waals surface area contributed by atoms with Crippen LogP contribution in [-0.4, -0.2) is 22.5 Å². The van der Waals surface area contributed by atoms with Crippen molar-refractivity contribution in [3.05, 3.63) is 29.6 Å². The maximum atomic E-state index is 4.51. The molecule has 0 saturated heterocycles. The van der Waals surface area contributed by atoms with Gasteiger partial charge < -0.3 is 0 Å². The molecule has 2 heterocycles. The summed E-state index contributed by atoms with van der Waals surface area (Å²) in [5.74, 6) is 0. The molecular formula is C14H20N2. The van der Waals surface area contributed by atoms with Crippen molar-refractivity contribution in [3.8, 4) is 0 Å². The molecule has 16 heavy (non-hydrogen) atoms. The first kappa shape index (κ1) is 10.3. The Bertz CT molecular complexity index is 356. The average molecular weight is 216 g/mol. The first-order valence-electron chi connectivity index (χ1n) is 6.60. The zero-order chi connectivity index (χ0) is 10.8. The van der Waals surface area contributed by atoms with E-state index in [-0.39, 0.29) is 0 Å². The minimum absolute atomic E-state index is 0.853. The zero-order valence-electron chi connectivity index (χ0n) is 9.86. The van der Waals surface area contributed by atoms with Gasteiger partial charge in [-0.3, -0.25) is 9.88 Å². The first-order valence-corrected chi connectivity index (χ1v) is 6.60. The van der Waals surface area contributed by atoms with Crippen LogP contribution >= 0.6 is 0 Å². The van der Waals surface area contributed by atoms with E-state index in [1.165, 1.54) is 56.3 Å². The van der Waals surface area contributed by atoms with Crippen molar-refractivity contribution < 1.29 is 0 Å². The topological polar surface area (TPSA) is 16.1 Å². The standard InChI is InChI=1S/C14H20N2/c1-2-7-13(6-1)16-10-4-8-14-12(11-16)5-3-9-15-14/h3,5,9,13H,1-2,4,6-8,10-11H2. The lowest BCUT2D eigenvalue weighted by atomic mass is 10.1. The van der Waals surface area contributed by atoms with Crippen molar-refractivity contribution in [2.75, 3.05) is 6.54 Å². The summed E-state index contributed by atoms with van der Waals surface area (Å²) in [6.45, 7) is 2.40. The van der Waals surface area contributed by atoms with Gasteiger partial charge in [-0.15, -0.1) is 0 Å². The number of pyridine rings is 1. The van der Waals surface area contributed by atoms with Crippen molar-refractivity contribution in [2.45, 2.75) is 51.1 Å². The second-order valence-corrected chi connectivity index (χ2v) is 5.12. The van der Waals surface area contributed by atoms with Gasteiger partial charge in [-0.05, 0) is 43.9 Å². The fourth-order valence-corrected chi connectivity index (χ4v) is 3.17. The second-order valence-electron chi connectivity index (χ2n) is 5.12. The molecule has 0 unspecified atom stereocenters. The van der Waals surface area contributed by atoms with Gasteiger partial charge in [0.1, 0.15) is 0 Å². The van der Waals surface area contributed by atoms with Crippen LogP contribution in [0.4, 0.5) is 0 Å². The van der Waals surface area contributed by atoms with Crippen molar-refractivity contribution >= 4 is 0 Å². The molecule has 1 aliphatic heterocycles. The van der Waals surface area contributed by atoms with Crippen LogP contribution in [0.5, 0.6) is 0 Å². The third-order valence-corrected chi connectivity index (χ3v) is 4.06. The van der Waals surface area contributed by atoms with Crippen LogP contribution in [0, 0.1) is 0 Å². The molecule has 2 nitrogen and oxygen atoms in total. The minimum atomic E-state index is 0.853. The number of aromatic nitrogens is 1. The predicted molar refractivity (Wildman–Crippen MR) is 65.2 cm³/mol. The molecular weight excluding hydrogens is 196 g/mol. The number of nitrogens with zero attached hydrogens (tertiary/aromatic N) is 2. The maximum Gasteiger partial charge on any atom is 0.0449 e. The van der Waals surface area contributed by atoms with Gasteiger partial charge in [0.2, 0.25) is 0 Å². The monoisotopic (exact) mass is 216 g/mol. The summed E-state index contributed by atoms with van der Waals surface area (Å²) in [5, 5.41) is 0. The zero-order valence-corrected chi connectivity index (χ0v) is 9.86. The van der Waals surface area contributed by atoms with Gasteiger partial charge in [0.25, 0.3) is 0 Å². The second kappa shape index (κ2) is 4.54. The van der Waals surface area contributed by atoms with E-state index in [0.29, 0.717) is 0 Å². The van der Waals surface area contributed by atoms with E-state index in [1.54, 1.807) is 0 Å². The molecule has 0 radical (unpaired) electrons. The maximum absolute atomic E-state index is 4.51. The summed E-state index contributed by atoms with van der Waals surface area (Å²) >= 11 is 0. The van der Waals surface area contributed by atoms with Crippen LogP contribution in [0.15, 0.2) is 18.3 Å². The molecule has 0 atom stereocenters. The molecule has 2 aliphatic rings. The van der Waals surface area contributed by atoms with E-state index in [1.807, 2.05) is 6.20 Å². The Labute approximate surface area is 97.7 Å². The Kier molecular flexibility index (Phi) is 2.92. The lowest BCUT2D eigenvalue weighted by Gasteiger charge is -2.27. The van der Waals surface area contributed by atoms with Gasteiger partial charge in [0.05, 0.1) is 0 Å². The Morgan fingerprint density at radius 2 is 2.06 bits per heavy atom. The molecule has 1 aromatic rings. The lowest BCUT2D eigenvalue weighted by Crippen LogP contribution is -2.32. The van der Waals surface area contributed by atoms with Gasteiger partial charge in [0.15, 0.2) is 0 Å². The van der Waals surface area contributed by atoms with Crippen molar-refractivity contribution in [1.29, 1.82) is 0 Å². The Morgan fingerprint density at radius 1 is 1.19 bits per heavy atom. The highest BCUT2D eigenvalue weighted by Crippen LogP contribution is 2.27. The molecule has 0 aromatic carbocycles. The van der Waals surface area contributed by atoms with Crippen LogP contribution in [0.1, 0.15) is 43.4 Å². The molecule has 1 fully saturated rings. The summed E-state index contributed by atoms with van der Waals surface area (Å²) in [5.41, 5.74) is 2.80. The third kappa shape index (κ3) is 1.99. The molecule has 2 heteroatoms.